The summed E-state index contributed by atoms with van der Waals surface area (Å²) in [5, 5.41) is 0.466. The highest BCUT2D eigenvalue weighted by Gasteiger charge is 2.26. The maximum Gasteiger partial charge on any atom is 0.331 e. The van der Waals surface area contributed by atoms with Crippen LogP contribution in [0, 0.1) is 6.92 Å². The number of thioether (sulfide) groups is 1. The molecular weight excluding hydrogens is 350 g/mol. The first kappa shape index (κ1) is 18.5. The number of piperidine rings is 1. The van der Waals surface area contributed by atoms with E-state index in [2.05, 4.69) is 31.2 Å². The van der Waals surface area contributed by atoms with Gasteiger partial charge < -0.3 is 4.90 Å². The second kappa shape index (κ2) is 7.53. The van der Waals surface area contributed by atoms with Crippen molar-refractivity contribution >= 4 is 17.7 Å². The number of rotatable bonds is 3. The van der Waals surface area contributed by atoms with E-state index in [-0.39, 0.29) is 11.6 Å². The van der Waals surface area contributed by atoms with E-state index in [1.807, 2.05) is 11.8 Å². The number of nitrogens with zero attached hydrogens (tertiary/aromatic N) is 3. The summed E-state index contributed by atoms with van der Waals surface area (Å²) in [6.07, 6.45) is 1.78. The fraction of sp³-hybridized carbons (Fsp3) is 0.421. The Kier molecular flexibility index (Phi) is 5.36. The Labute approximate surface area is 156 Å². The lowest BCUT2D eigenvalue weighted by Crippen LogP contribution is -2.44. The molecule has 138 valence electrons. The molecule has 0 spiro atoms. The highest BCUT2D eigenvalue weighted by Crippen LogP contribution is 2.31. The predicted octanol–water partition coefficient (Wildman–Crippen LogP) is 1.79. The van der Waals surface area contributed by atoms with E-state index >= 15 is 0 Å². The Morgan fingerprint density at radius 2 is 1.77 bits per heavy atom. The SMILES string of the molecule is Cc1cccc(SC2CCN(C(=O)c3cc(=O)n(C)c(=O)n3C)CC2)c1. The number of benzene rings is 1. The molecule has 0 unspecified atom stereocenters. The Balaban J connectivity index is 1.68. The van der Waals surface area contributed by atoms with Crippen LogP contribution >= 0.6 is 11.8 Å². The topological polar surface area (TPSA) is 64.3 Å². The Hall–Kier alpha value is -2.28. The number of carbonyl (C=O) groups excluding carboxylic acids is 1. The fourth-order valence-corrected chi connectivity index (χ4v) is 4.40. The lowest BCUT2D eigenvalue weighted by molar-refractivity contribution is 0.0715. The molecule has 0 bridgehead atoms. The largest absolute Gasteiger partial charge is 0.337 e. The number of carbonyl (C=O) groups is 1. The van der Waals surface area contributed by atoms with Gasteiger partial charge in [-0.1, -0.05) is 17.7 Å². The quantitative estimate of drug-likeness (QED) is 0.823. The van der Waals surface area contributed by atoms with E-state index in [9.17, 15) is 14.4 Å². The summed E-state index contributed by atoms with van der Waals surface area (Å²) in [6, 6.07) is 9.69. The monoisotopic (exact) mass is 373 g/mol. The Bertz CT molecular complexity index is 940. The number of hydrogen-bond donors (Lipinski definition) is 0. The maximum absolute atomic E-state index is 12.8. The molecule has 6 nitrogen and oxygen atoms in total. The molecule has 2 heterocycles. The standard InChI is InChI=1S/C19H23N3O3S/c1-13-5-4-6-15(11-13)26-14-7-9-22(10-8-14)18(24)16-12-17(23)21(3)19(25)20(16)2/h4-6,11-12,14H,7-10H2,1-3H3. The average Bonchev–Trinajstić information content (AvgIpc) is 2.63. The molecule has 1 aliphatic heterocycles. The Morgan fingerprint density at radius 3 is 2.42 bits per heavy atom. The van der Waals surface area contributed by atoms with Crippen LogP contribution in [-0.2, 0) is 14.1 Å². The fourth-order valence-electron chi connectivity index (χ4n) is 3.16. The molecule has 1 saturated heterocycles. The number of hydrogen-bond acceptors (Lipinski definition) is 4. The third-order valence-electron chi connectivity index (χ3n) is 4.77. The van der Waals surface area contributed by atoms with Crippen molar-refractivity contribution in [2.75, 3.05) is 13.1 Å². The van der Waals surface area contributed by atoms with Crippen molar-refractivity contribution in [3.05, 3.63) is 62.4 Å². The van der Waals surface area contributed by atoms with Gasteiger partial charge in [0.05, 0.1) is 0 Å². The molecule has 0 N–H and O–H groups in total. The number of amides is 1. The van der Waals surface area contributed by atoms with Gasteiger partial charge in [0, 0.05) is 43.4 Å². The summed E-state index contributed by atoms with van der Waals surface area (Å²) in [5.41, 5.74) is 0.462. The third-order valence-corrected chi connectivity index (χ3v) is 6.10. The van der Waals surface area contributed by atoms with Crippen LogP contribution in [0.2, 0.25) is 0 Å². The first-order valence-corrected chi connectivity index (χ1v) is 9.54. The van der Waals surface area contributed by atoms with Gasteiger partial charge in [0.2, 0.25) is 0 Å². The van der Waals surface area contributed by atoms with Crippen molar-refractivity contribution in [2.24, 2.45) is 14.1 Å². The van der Waals surface area contributed by atoms with Gasteiger partial charge in [0.1, 0.15) is 5.69 Å². The minimum atomic E-state index is -0.481. The van der Waals surface area contributed by atoms with E-state index in [0.717, 1.165) is 17.4 Å². The molecule has 0 saturated carbocycles. The van der Waals surface area contributed by atoms with Crippen LogP contribution in [-0.4, -0.2) is 38.3 Å². The van der Waals surface area contributed by atoms with Crippen molar-refractivity contribution < 1.29 is 4.79 Å². The van der Waals surface area contributed by atoms with Gasteiger partial charge >= 0.3 is 5.69 Å². The van der Waals surface area contributed by atoms with Crippen molar-refractivity contribution in [2.45, 2.75) is 29.9 Å². The van der Waals surface area contributed by atoms with Crippen LogP contribution in [0.5, 0.6) is 0 Å². The van der Waals surface area contributed by atoms with Gasteiger partial charge in [-0.15, -0.1) is 11.8 Å². The lowest BCUT2D eigenvalue weighted by Gasteiger charge is -2.32. The van der Waals surface area contributed by atoms with Gasteiger partial charge in [-0.3, -0.25) is 18.7 Å². The number of likely N-dealkylation sites (tertiary alicyclic amines) is 1. The van der Waals surface area contributed by atoms with E-state index in [1.165, 1.54) is 35.2 Å². The van der Waals surface area contributed by atoms with E-state index in [4.69, 9.17) is 0 Å². The summed E-state index contributed by atoms with van der Waals surface area (Å²) >= 11 is 1.85. The first-order chi connectivity index (χ1) is 12.4. The summed E-state index contributed by atoms with van der Waals surface area (Å²) in [6.45, 7) is 3.34. The molecule has 1 fully saturated rings. The van der Waals surface area contributed by atoms with Crippen LogP contribution in [0.4, 0.5) is 0 Å². The summed E-state index contributed by atoms with van der Waals surface area (Å²) < 4.78 is 2.25. The average molecular weight is 373 g/mol. The maximum atomic E-state index is 12.8. The molecule has 0 aliphatic carbocycles. The molecule has 1 aliphatic rings. The zero-order valence-corrected chi connectivity index (χ0v) is 16.1. The van der Waals surface area contributed by atoms with Crippen LogP contribution in [0.3, 0.4) is 0 Å². The van der Waals surface area contributed by atoms with E-state index in [0.29, 0.717) is 18.3 Å². The van der Waals surface area contributed by atoms with Crippen molar-refractivity contribution in [1.82, 2.24) is 14.0 Å². The predicted molar refractivity (Wildman–Crippen MR) is 103 cm³/mol. The number of aromatic nitrogens is 2. The number of aryl methyl sites for hydroxylation is 1. The van der Waals surface area contributed by atoms with Crippen molar-refractivity contribution in [1.29, 1.82) is 0 Å². The van der Waals surface area contributed by atoms with E-state index in [1.54, 1.807) is 4.90 Å². The zero-order valence-electron chi connectivity index (χ0n) is 15.3. The first-order valence-electron chi connectivity index (χ1n) is 8.66. The second-order valence-corrected chi connectivity index (χ2v) is 8.07. The van der Waals surface area contributed by atoms with Gasteiger partial charge in [-0.05, 0) is 31.9 Å². The zero-order chi connectivity index (χ0) is 18.8. The molecule has 1 aromatic carbocycles. The Morgan fingerprint density at radius 1 is 1.08 bits per heavy atom. The molecule has 1 amide bonds. The minimum absolute atomic E-state index is 0.155. The lowest BCUT2D eigenvalue weighted by atomic mass is 10.1. The van der Waals surface area contributed by atoms with Gasteiger partial charge in [0.15, 0.2) is 0 Å². The molecular formula is C19H23N3O3S. The summed E-state index contributed by atoms with van der Waals surface area (Å²) in [5.74, 6) is -0.249. The minimum Gasteiger partial charge on any atom is -0.337 e. The molecule has 26 heavy (non-hydrogen) atoms. The highest BCUT2D eigenvalue weighted by molar-refractivity contribution is 8.00. The molecule has 2 aromatic rings. The van der Waals surface area contributed by atoms with Crippen molar-refractivity contribution in [3.63, 3.8) is 0 Å². The van der Waals surface area contributed by atoms with Gasteiger partial charge in [-0.2, -0.15) is 0 Å². The van der Waals surface area contributed by atoms with Crippen LogP contribution in [0.15, 0.2) is 44.8 Å². The van der Waals surface area contributed by atoms with Crippen LogP contribution < -0.4 is 11.2 Å². The molecule has 3 rings (SSSR count). The van der Waals surface area contributed by atoms with Crippen molar-refractivity contribution in [3.8, 4) is 0 Å². The molecule has 7 heteroatoms. The summed E-state index contributed by atoms with van der Waals surface area (Å²) in [4.78, 5) is 39.6. The normalized spacial score (nSPS) is 15.3. The van der Waals surface area contributed by atoms with Gasteiger partial charge in [-0.25, -0.2) is 4.79 Å². The van der Waals surface area contributed by atoms with Gasteiger partial charge in [0.25, 0.3) is 11.5 Å². The molecule has 1 aromatic heterocycles. The smallest absolute Gasteiger partial charge is 0.331 e. The van der Waals surface area contributed by atoms with E-state index < -0.39 is 11.2 Å². The highest BCUT2D eigenvalue weighted by atomic mass is 32.2. The molecule has 0 atom stereocenters. The third kappa shape index (κ3) is 3.77. The molecule has 0 radical (unpaired) electrons. The second-order valence-electron chi connectivity index (χ2n) is 6.69. The summed E-state index contributed by atoms with van der Waals surface area (Å²) in [7, 11) is 2.93. The van der Waals surface area contributed by atoms with Crippen LogP contribution in [0.1, 0.15) is 28.9 Å². The van der Waals surface area contributed by atoms with Crippen LogP contribution in [0.25, 0.3) is 0 Å².